The summed E-state index contributed by atoms with van der Waals surface area (Å²) in [6, 6.07) is 15.4. The molecule has 0 atom stereocenters. The number of fused-ring (bicyclic) bond motifs is 2. The average Bonchev–Trinajstić information content (AvgIpc) is 3.24. The van der Waals surface area contributed by atoms with E-state index in [2.05, 4.69) is 63.0 Å². The van der Waals surface area contributed by atoms with Gasteiger partial charge in [0, 0.05) is 54.1 Å². The summed E-state index contributed by atoms with van der Waals surface area (Å²) in [7, 11) is 0. The second kappa shape index (κ2) is 8.17. The summed E-state index contributed by atoms with van der Waals surface area (Å²) in [4.78, 5) is 16.9. The molecular formula is C24H27N3OS. The van der Waals surface area contributed by atoms with Gasteiger partial charge in [-0.15, -0.1) is 11.3 Å². The van der Waals surface area contributed by atoms with Crippen LogP contribution in [0.1, 0.15) is 24.0 Å². The monoisotopic (exact) mass is 405 g/mol. The zero-order valence-electron chi connectivity index (χ0n) is 16.7. The number of aryl methyl sites for hydroxylation is 2. The molecule has 1 aromatic heterocycles. The maximum absolute atomic E-state index is 11.8. The molecule has 0 unspecified atom stereocenters. The predicted molar refractivity (Wildman–Crippen MR) is 122 cm³/mol. The number of rotatable bonds is 5. The van der Waals surface area contributed by atoms with Crippen molar-refractivity contribution in [3.05, 3.63) is 59.0 Å². The molecule has 2 aliphatic rings. The van der Waals surface area contributed by atoms with E-state index < -0.39 is 0 Å². The molecule has 5 heteroatoms. The van der Waals surface area contributed by atoms with Crippen molar-refractivity contribution < 1.29 is 4.79 Å². The van der Waals surface area contributed by atoms with Gasteiger partial charge < -0.3 is 10.2 Å². The molecule has 0 saturated carbocycles. The van der Waals surface area contributed by atoms with Crippen molar-refractivity contribution in [1.29, 1.82) is 0 Å². The Hall–Kier alpha value is -2.37. The molecular weight excluding hydrogens is 378 g/mol. The van der Waals surface area contributed by atoms with Gasteiger partial charge in [0.15, 0.2) is 0 Å². The van der Waals surface area contributed by atoms with Crippen molar-refractivity contribution in [3.63, 3.8) is 0 Å². The smallest absolute Gasteiger partial charge is 0.224 e. The van der Waals surface area contributed by atoms with Gasteiger partial charge in [0.25, 0.3) is 0 Å². The minimum Gasteiger partial charge on any atom is -0.368 e. The van der Waals surface area contributed by atoms with E-state index in [1.54, 1.807) is 0 Å². The minimum atomic E-state index is 0.154. The third kappa shape index (κ3) is 3.89. The van der Waals surface area contributed by atoms with Crippen molar-refractivity contribution in [1.82, 2.24) is 4.90 Å². The van der Waals surface area contributed by atoms with Crippen LogP contribution in [0, 0.1) is 0 Å². The largest absolute Gasteiger partial charge is 0.368 e. The lowest BCUT2D eigenvalue weighted by molar-refractivity contribution is -0.116. The van der Waals surface area contributed by atoms with E-state index in [1.807, 2.05) is 11.3 Å². The Labute approximate surface area is 176 Å². The van der Waals surface area contributed by atoms with Crippen molar-refractivity contribution >= 4 is 38.7 Å². The third-order valence-corrected chi connectivity index (χ3v) is 7.11. The minimum absolute atomic E-state index is 0.154. The van der Waals surface area contributed by atoms with Crippen LogP contribution in [-0.2, 0) is 17.6 Å². The fourth-order valence-electron chi connectivity index (χ4n) is 4.64. The Bertz CT molecular complexity index is 1020. The molecule has 0 spiro atoms. The van der Waals surface area contributed by atoms with Crippen molar-refractivity contribution in [2.24, 2.45) is 0 Å². The normalized spacial score (nSPS) is 17.4. The predicted octanol–water partition coefficient (Wildman–Crippen LogP) is 4.54. The highest BCUT2D eigenvalue weighted by Crippen LogP contribution is 2.31. The zero-order valence-corrected chi connectivity index (χ0v) is 17.5. The van der Waals surface area contributed by atoms with E-state index in [0.29, 0.717) is 6.42 Å². The fraction of sp³-hybridized carbons (Fsp3) is 0.375. The second-order valence-electron chi connectivity index (χ2n) is 8.04. The van der Waals surface area contributed by atoms with Crippen molar-refractivity contribution in [2.45, 2.75) is 25.7 Å². The van der Waals surface area contributed by atoms with E-state index >= 15 is 0 Å². The lowest BCUT2D eigenvalue weighted by Gasteiger charge is -2.36. The number of nitrogens with zero attached hydrogens (tertiary/aromatic N) is 2. The molecule has 0 radical (unpaired) electrons. The number of carbonyl (C=O) groups is 1. The topological polar surface area (TPSA) is 35.6 Å². The summed E-state index contributed by atoms with van der Waals surface area (Å²) in [5, 5.41) is 6.68. The fourth-order valence-corrected chi connectivity index (χ4v) is 5.45. The maximum atomic E-state index is 11.8. The van der Waals surface area contributed by atoms with Crippen LogP contribution in [0.3, 0.4) is 0 Å². The molecule has 150 valence electrons. The van der Waals surface area contributed by atoms with Crippen LogP contribution in [0.15, 0.2) is 47.8 Å². The number of carbonyl (C=O) groups excluding carboxylic acids is 1. The van der Waals surface area contributed by atoms with Crippen LogP contribution >= 0.6 is 11.3 Å². The molecule has 29 heavy (non-hydrogen) atoms. The second-order valence-corrected chi connectivity index (χ2v) is 8.99. The number of piperazine rings is 1. The van der Waals surface area contributed by atoms with Crippen LogP contribution in [0.2, 0.25) is 0 Å². The molecule has 5 rings (SSSR count). The number of hydrogen-bond acceptors (Lipinski definition) is 4. The van der Waals surface area contributed by atoms with Gasteiger partial charge >= 0.3 is 0 Å². The number of nitrogens with one attached hydrogen (secondary N) is 1. The SMILES string of the molecule is O=C1CCc2cccc(CCCN3CCN(c4cccc5sccc45)CC3)c2N1. The molecule has 3 aromatic rings. The molecule has 3 heterocycles. The van der Waals surface area contributed by atoms with Crippen LogP contribution in [-0.4, -0.2) is 43.5 Å². The first-order valence-electron chi connectivity index (χ1n) is 10.6. The highest BCUT2D eigenvalue weighted by molar-refractivity contribution is 7.17. The Morgan fingerprint density at radius 2 is 1.83 bits per heavy atom. The summed E-state index contributed by atoms with van der Waals surface area (Å²) in [5.41, 5.74) is 5.05. The van der Waals surface area contributed by atoms with Gasteiger partial charge in [-0.2, -0.15) is 0 Å². The van der Waals surface area contributed by atoms with E-state index in [9.17, 15) is 4.79 Å². The van der Waals surface area contributed by atoms with Crippen molar-refractivity contribution in [3.8, 4) is 0 Å². The maximum Gasteiger partial charge on any atom is 0.224 e. The molecule has 1 N–H and O–H groups in total. The molecule has 1 fully saturated rings. The number of hydrogen-bond donors (Lipinski definition) is 1. The van der Waals surface area contributed by atoms with E-state index in [1.165, 1.54) is 26.9 Å². The Balaban J connectivity index is 1.15. The van der Waals surface area contributed by atoms with Crippen molar-refractivity contribution in [2.75, 3.05) is 42.9 Å². The summed E-state index contributed by atoms with van der Waals surface area (Å²) in [6.45, 7) is 5.53. The van der Waals surface area contributed by atoms with Gasteiger partial charge in [0.2, 0.25) is 5.91 Å². The summed E-state index contributed by atoms with van der Waals surface area (Å²) < 4.78 is 1.38. The highest BCUT2D eigenvalue weighted by Gasteiger charge is 2.20. The van der Waals surface area contributed by atoms with Crippen LogP contribution in [0.4, 0.5) is 11.4 Å². The summed E-state index contributed by atoms with van der Waals surface area (Å²) >= 11 is 1.82. The van der Waals surface area contributed by atoms with Gasteiger partial charge in [-0.1, -0.05) is 24.3 Å². The van der Waals surface area contributed by atoms with E-state index in [4.69, 9.17) is 0 Å². The number of amides is 1. The molecule has 0 aliphatic carbocycles. The Morgan fingerprint density at radius 3 is 2.72 bits per heavy atom. The van der Waals surface area contributed by atoms with E-state index in [-0.39, 0.29) is 5.91 Å². The molecule has 1 saturated heterocycles. The third-order valence-electron chi connectivity index (χ3n) is 6.23. The first-order chi connectivity index (χ1) is 14.3. The molecule has 1 amide bonds. The quantitative estimate of drug-likeness (QED) is 0.677. The molecule has 2 aromatic carbocycles. The first kappa shape index (κ1) is 18.6. The summed E-state index contributed by atoms with van der Waals surface area (Å²) in [6.07, 6.45) is 3.64. The number of para-hydroxylation sites is 1. The highest BCUT2D eigenvalue weighted by atomic mass is 32.1. The molecule has 2 aliphatic heterocycles. The van der Waals surface area contributed by atoms with E-state index in [0.717, 1.165) is 57.7 Å². The number of benzene rings is 2. The van der Waals surface area contributed by atoms with Crippen LogP contribution in [0.5, 0.6) is 0 Å². The lowest BCUT2D eigenvalue weighted by atomic mass is 9.96. The Morgan fingerprint density at radius 1 is 0.966 bits per heavy atom. The Kier molecular flexibility index (Phi) is 5.25. The van der Waals surface area contributed by atoms with Gasteiger partial charge in [-0.3, -0.25) is 9.69 Å². The first-order valence-corrected chi connectivity index (χ1v) is 11.5. The standard InChI is InChI=1S/C24H27N3OS/c28-23-10-9-19-5-1-4-18(24(19)25-23)6-3-12-26-13-15-27(16-14-26)21-7-2-8-22-20(21)11-17-29-22/h1-2,4-5,7-8,11,17H,3,6,9-10,12-16H2,(H,25,28). The van der Waals surface area contributed by atoms with Crippen LogP contribution in [0.25, 0.3) is 10.1 Å². The van der Waals surface area contributed by atoms with Gasteiger partial charge in [-0.05, 0) is 60.5 Å². The number of thiophene rings is 1. The lowest BCUT2D eigenvalue weighted by Crippen LogP contribution is -2.46. The zero-order chi connectivity index (χ0) is 19.6. The van der Waals surface area contributed by atoms with Crippen LogP contribution < -0.4 is 10.2 Å². The van der Waals surface area contributed by atoms with Gasteiger partial charge in [-0.25, -0.2) is 0 Å². The molecule has 0 bridgehead atoms. The molecule has 4 nitrogen and oxygen atoms in total. The van der Waals surface area contributed by atoms with Gasteiger partial charge in [0.1, 0.15) is 0 Å². The summed E-state index contributed by atoms with van der Waals surface area (Å²) in [5.74, 6) is 0.154. The number of anilines is 2. The van der Waals surface area contributed by atoms with Gasteiger partial charge in [0.05, 0.1) is 0 Å². The average molecular weight is 406 g/mol.